The van der Waals surface area contributed by atoms with E-state index in [0.717, 1.165) is 14.1 Å². The summed E-state index contributed by atoms with van der Waals surface area (Å²) in [6.45, 7) is 5.46. The highest BCUT2D eigenvalue weighted by atomic mass is 79.9. The fourth-order valence-corrected chi connectivity index (χ4v) is 3.60. The van der Waals surface area contributed by atoms with Crippen LogP contribution in [0.25, 0.3) is 0 Å². The van der Waals surface area contributed by atoms with Gasteiger partial charge >= 0.3 is 0 Å². The molecule has 0 fully saturated rings. The average molecular weight is 329 g/mol. The number of aryl methyl sites for hydroxylation is 3. The number of hydrogen-bond donors (Lipinski definition) is 0. The van der Waals surface area contributed by atoms with Crippen LogP contribution in [0, 0.1) is 20.8 Å². The van der Waals surface area contributed by atoms with Gasteiger partial charge in [-0.3, -0.25) is 0 Å². The Morgan fingerprint density at radius 3 is 2.39 bits per heavy atom. The molecule has 1 aromatic heterocycles. The number of hydrogen-bond acceptors (Lipinski definition) is 3. The van der Waals surface area contributed by atoms with Gasteiger partial charge in [0, 0.05) is 10.7 Å². The average Bonchev–Trinajstić information content (AvgIpc) is 2.70. The first kappa shape index (κ1) is 13.3. The maximum atomic E-state index is 12.4. The molecule has 0 unspecified atom stereocenters. The second-order valence-electron chi connectivity index (χ2n) is 4.20. The molecule has 0 amide bonds. The van der Waals surface area contributed by atoms with Crippen molar-refractivity contribution >= 4 is 26.0 Å². The second kappa shape index (κ2) is 4.51. The van der Waals surface area contributed by atoms with Crippen LogP contribution in [0.1, 0.15) is 16.8 Å². The van der Waals surface area contributed by atoms with Gasteiger partial charge in [0.1, 0.15) is 0 Å². The molecule has 0 radical (unpaired) electrons. The van der Waals surface area contributed by atoms with Crippen LogP contribution in [0.5, 0.6) is 0 Å². The van der Waals surface area contributed by atoms with E-state index in [4.69, 9.17) is 0 Å². The van der Waals surface area contributed by atoms with Gasteiger partial charge in [-0.2, -0.15) is 17.6 Å². The molecule has 0 bridgehead atoms. The molecule has 4 nitrogen and oxygen atoms in total. The van der Waals surface area contributed by atoms with Gasteiger partial charge in [0.2, 0.25) is 0 Å². The summed E-state index contributed by atoms with van der Waals surface area (Å²) in [7, 11) is -3.61. The molecule has 0 saturated heterocycles. The van der Waals surface area contributed by atoms with Gasteiger partial charge in [-0.15, -0.1) is 0 Å². The van der Waals surface area contributed by atoms with Crippen LogP contribution in [-0.4, -0.2) is 17.6 Å². The molecule has 0 aliphatic heterocycles. The van der Waals surface area contributed by atoms with E-state index in [-0.39, 0.29) is 4.90 Å². The van der Waals surface area contributed by atoms with E-state index in [2.05, 4.69) is 21.0 Å². The number of rotatable bonds is 2. The molecule has 2 rings (SSSR count). The van der Waals surface area contributed by atoms with E-state index in [1.165, 1.54) is 6.20 Å². The third-order valence-electron chi connectivity index (χ3n) is 2.68. The molecule has 1 aromatic carbocycles. The summed E-state index contributed by atoms with van der Waals surface area (Å²) in [6.07, 6.45) is 1.46. The third kappa shape index (κ3) is 2.22. The van der Waals surface area contributed by atoms with Crippen LogP contribution >= 0.6 is 15.9 Å². The smallest absolute Gasteiger partial charge is 0.199 e. The number of benzene rings is 1. The van der Waals surface area contributed by atoms with Crippen molar-refractivity contribution in [3.8, 4) is 0 Å². The topological polar surface area (TPSA) is 52.0 Å². The summed E-state index contributed by atoms with van der Waals surface area (Å²) in [6, 6.07) is 5.13. The molecule has 6 heteroatoms. The Morgan fingerprint density at radius 2 is 1.83 bits per heavy atom. The van der Waals surface area contributed by atoms with Gasteiger partial charge in [0.15, 0.2) is 0 Å². The zero-order valence-electron chi connectivity index (χ0n) is 10.3. The molecule has 0 aliphatic rings. The highest BCUT2D eigenvalue weighted by Crippen LogP contribution is 2.25. The first-order valence-electron chi connectivity index (χ1n) is 5.37. The van der Waals surface area contributed by atoms with Crippen LogP contribution in [0.4, 0.5) is 0 Å². The van der Waals surface area contributed by atoms with Crippen LogP contribution in [0.3, 0.4) is 0 Å². The summed E-state index contributed by atoms with van der Waals surface area (Å²) in [5.41, 5.74) is 2.38. The maximum Gasteiger partial charge on any atom is 0.283 e. The van der Waals surface area contributed by atoms with Crippen LogP contribution in [-0.2, 0) is 10.0 Å². The van der Waals surface area contributed by atoms with E-state index in [1.54, 1.807) is 26.0 Å². The fraction of sp³-hybridized carbons (Fsp3) is 0.250. The monoisotopic (exact) mass is 328 g/mol. The standard InChI is InChI=1S/C12H13BrN2O2S/c1-8-6-9(2)12(7-11(8)13)18(16,17)15-5-4-10(3)14-15/h4-7H,1-3H3. The minimum Gasteiger partial charge on any atom is -0.199 e. The highest BCUT2D eigenvalue weighted by Gasteiger charge is 2.21. The minimum absolute atomic E-state index is 0.267. The number of halogens is 1. The molecule has 0 spiro atoms. The molecule has 18 heavy (non-hydrogen) atoms. The maximum absolute atomic E-state index is 12.4. The van der Waals surface area contributed by atoms with E-state index in [9.17, 15) is 8.42 Å². The molecule has 0 N–H and O–H groups in total. The van der Waals surface area contributed by atoms with Gasteiger partial charge in [0.25, 0.3) is 10.0 Å². The van der Waals surface area contributed by atoms with Gasteiger partial charge in [-0.25, -0.2) is 0 Å². The van der Waals surface area contributed by atoms with Crippen LogP contribution in [0.2, 0.25) is 0 Å². The predicted molar refractivity (Wildman–Crippen MR) is 73.2 cm³/mol. The van der Waals surface area contributed by atoms with E-state index >= 15 is 0 Å². The first-order chi connectivity index (χ1) is 8.32. The second-order valence-corrected chi connectivity index (χ2v) is 6.82. The van der Waals surface area contributed by atoms with E-state index in [1.807, 2.05) is 13.0 Å². The van der Waals surface area contributed by atoms with Crippen molar-refractivity contribution in [1.82, 2.24) is 9.19 Å². The van der Waals surface area contributed by atoms with E-state index in [0.29, 0.717) is 11.3 Å². The Balaban J connectivity index is 2.65. The van der Waals surface area contributed by atoms with Gasteiger partial charge in [0.05, 0.1) is 10.6 Å². The van der Waals surface area contributed by atoms with Crippen molar-refractivity contribution in [3.63, 3.8) is 0 Å². The van der Waals surface area contributed by atoms with Crippen molar-refractivity contribution in [2.75, 3.05) is 0 Å². The number of aromatic nitrogens is 2. The lowest BCUT2D eigenvalue weighted by atomic mass is 10.2. The van der Waals surface area contributed by atoms with Crippen LogP contribution < -0.4 is 0 Å². The molecule has 0 saturated carbocycles. The summed E-state index contributed by atoms with van der Waals surface area (Å²) in [5.74, 6) is 0. The summed E-state index contributed by atoms with van der Waals surface area (Å²) >= 11 is 3.36. The Bertz CT molecular complexity index is 705. The molecule has 0 aliphatic carbocycles. The van der Waals surface area contributed by atoms with Crippen molar-refractivity contribution < 1.29 is 8.42 Å². The molecule has 0 atom stereocenters. The Morgan fingerprint density at radius 1 is 1.17 bits per heavy atom. The van der Waals surface area contributed by atoms with Gasteiger partial charge < -0.3 is 0 Å². The van der Waals surface area contributed by atoms with Gasteiger partial charge in [-0.05, 0) is 44.0 Å². The number of nitrogens with zero attached hydrogens (tertiary/aromatic N) is 2. The summed E-state index contributed by atoms with van der Waals surface area (Å²) in [4.78, 5) is 0.267. The highest BCUT2D eigenvalue weighted by molar-refractivity contribution is 9.10. The third-order valence-corrected chi connectivity index (χ3v) is 5.23. The largest absolute Gasteiger partial charge is 0.283 e. The lowest BCUT2D eigenvalue weighted by Crippen LogP contribution is -2.15. The lowest BCUT2D eigenvalue weighted by Gasteiger charge is -2.09. The zero-order valence-corrected chi connectivity index (χ0v) is 12.7. The predicted octanol–water partition coefficient (Wildman–Crippen LogP) is 2.81. The van der Waals surface area contributed by atoms with Crippen LogP contribution in [0.15, 0.2) is 33.8 Å². The summed E-state index contributed by atoms with van der Waals surface area (Å²) in [5, 5.41) is 3.97. The summed E-state index contributed by atoms with van der Waals surface area (Å²) < 4.78 is 26.6. The Kier molecular flexibility index (Phi) is 3.33. The van der Waals surface area contributed by atoms with Crippen molar-refractivity contribution in [2.45, 2.75) is 25.7 Å². The molecule has 1 heterocycles. The molecular weight excluding hydrogens is 316 g/mol. The van der Waals surface area contributed by atoms with E-state index < -0.39 is 10.0 Å². The van der Waals surface area contributed by atoms with Crippen molar-refractivity contribution in [1.29, 1.82) is 0 Å². The SMILES string of the molecule is Cc1ccn(S(=O)(=O)c2cc(Br)c(C)cc2C)n1. The fourth-order valence-electron chi connectivity index (χ4n) is 1.71. The Labute approximate surface area is 115 Å². The Hall–Kier alpha value is -1.14. The molecule has 2 aromatic rings. The molecule has 96 valence electrons. The quantitative estimate of drug-likeness (QED) is 0.851. The van der Waals surface area contributed by atoms with Crippen molar-refractivity contribution in [2.24, 2.45) is 0 Å². The first-order valence-corrected chi connectivity index (χ1v) is 7.60. The lowest BCUT2D eigenvalue weighted by molar-refractivity contribution is 0.579. The normalized spacial score (nSPS) is 11.8. The zero-order chi connectivity index (χ0) is 13.5. The minimum atomic E-state index is -3.61. The van der Waals surface area contributed by atoms with Crippen molar-refractivity contribution in [3.05, 3.63) is 45.7 Å². The van der Waals surface area contributed by atoms with Gasteiger partial charge in [-0.1, -0.05) is 22.0 Å². The molecular formula is C12H13BrN2O2S.